The maximum atomic E-state index is 6.03. The summed E-state index contributed by atoms with van der Waals surface area (Å²) in [6.45, 7) is 1.96. The number of nitrogen functional groups attached to an aromatic ring is 2. The summed E-state index contributed by atoms with van der Waals surface area (Å²) in [6.07, 6.45) is 1.67. The largest absolute Gasteiger partial charge is 0.398 e. The zero-order valence-electron chi connectivity index (χ0n) is 10.5. The molecule has 0 saturated carbocycles. The first kappa shape index (κ1) is 13.8. The van der Waals surface area contributed by atoms with Crippen LogP contribution in [0.2, 0.25) is 0 Å². The summed E-state index contributed by atoms with van der Waals surface area (Å²) in [6, 6.07) is 7.22. The smallest absolute Gasteiger partial charge is 0.128 e. The SMILES string of the molecule is Cc1ccnc(N)c1C(NN)c1cc(Br)ccc1N. The van der Waals surface area contributed by atoms with Crippen LogP contribution < -0.4 is 22.7 Å². The summed E-state index contributed by atoms with van der Waals surface area (Å²) in [5, 5.41) is 0. The molecule has 0 amide bonds. The van der Waals surface area contributed by atoms with E-state index in [4.69, 9.17) is 17.3 Å². The van der Waals surface area contributed by atoms with Gasteiger partial charge < -0.3 is 11.5 Å². The van der Waals surface area contributed by atoms with E-state index in [9.17, 15) is 0 Å². The average molecular weight is 322 g/mol. The van der Waals surface area contributed by atoms with Crippen molar-refractivity contribution < 1.29 is 0 Å². The normalized spacial score (nSPS) is 12.4. The Bertz CT molecular complexity index is 579. The third-order valence-corrected chi connectivity index (χ3v) is 3.55. The molecule has 0 fully saturated rings. The number of benzene rings is 1. The highest BCUT2D eigenvalue weighted by Gasteiger charge is 2.20. The molecule has 6 heteroatoms. The molecule has 1 aromatic carbocycles. The van der Waals surface area contributed by atoms with E-state index in [1.54, 1.807) is 6.20 Å². The highest BCUT2D eigenvalue weighted by molar-refractivity contribution is 9.10. The number of nitrogens with two attached hydrogens (primary N) is 3. The van der Waals surface area contributed by atoms with Gasteiger partial charge >= 0.3 is 0 Å². The van der Waals surface area contributed by atoms with Crippen molar-refractivity contribution in [3.05, 3.63) is 51.6 Å². The van der Waals surface area contributed by atoms with E-state index in [0.29, 0.717) is 11.5 Å². The minimum atomic E-state index is -0.300. The summed E-state index contributed by atoms with van der Waals surface area (Å²) in [5.74, 6) is 6.14. The van der Waals surface area contributed by atoms with Crippen molar-refractivity contribution in [2.24, 2.45) is 5.84 Å². The molecular formula is C13H16BrN5. The van der Waals surface area contributed by atoms with E-state index in [1.807, 2.05) is 31.2 Å². The lowest BCUT2D eigenvalue weighted by molar-refractivity contribution is 0.635. The number of halogens is 1. The van der Waals surface area contributed by atoms with Crippen LogP contribution in [0.3, 0.4) is 0 Å². The lowest BCUT2D eigenvalue weighted by Gasteiger charge is -2.22. The second-order valence-electron chi connectivity index (χ2n) is 4.30. The van der Waals surface area contributed by atoms with E-state index in [2.05, 4.69) is 26.3 Å². The number of aryl methyl sites for hydroxylation is 1. The summed E-state index contributed by atoms with van der Waals surface area (Å²) < 4.78 is 0.928. The van der Waals surface area contributed by atoms with Gasteiger partial charge in [0.05, 0.1) is 6.04 Å². The number of anilines is 2. The van der Waals surface area contributed by atoms with Gasteiger partial charge in [-0.25, -0.2) is 10.4 Å². The molecule has 19 heavy (non-hydrogen) atoms. The van der Waals surface area contributed by atoms with Crippen LogP contribution in [0.1, 0.15) is 22.7 Å². The maximum absolute atomic E-state index is 6.03. The van der Waals surface area contributed by atoms with Gasteiger partial charge in [0.2, 0.25) is 0 Å². The van der Waals surface area contributed by atoms with Crippen molar-refractivity contribution >= 4 is 27.4 Å². The molecule has 1 aromatic heterocycles. The van der Waals surface area contributed by atoms with Gasteiger partial charge in [-0.2, -0.15) is 0 Å². The molecule has 0 aliphatic rings. The lowest BCUT2D eigenvalue weighted by atomic mass is 9.95. The Morgan fingerprint density at radius 2 is 2.00 bits per heavy atom. The predicted molar refractivity (Wildman–Crippen MR) is 81.1 cm³/mol. The number of nitrogens with one attached hydrogen (secondary N) is 1. The number of hydrogen-bond acceptors (Lipinski definition) is 5. The van der Waals surface area contributed by atoms with Crippen molar-refractivity contribution in [1.82, 2.24) is 10.4 Å². The molecule has 7 N–H and O–H groups in total. The van der Waals surface area contributed by atoms with Crippen molar-refractivity contribution in [2.45, 2.75) is 13.0 Å². The molecule has 1 atom stereocenters. The fourth-order valence-corrected chi connectivity index (χ4v) is 2.47. The van der Waals surface area contributed by atoms with Crippen LogP contribution >= 0.6 is 15.9 Å². The molecule has 1 heterocycles. The number of nitrogens with zero attached hydrogens (tertiary/aromatic N) is 1. The summed E-state index contributed by atoms with van der Waals surface area (Å²) in [4.78, 5) is 4.12. The zero-order valence-corrected chi connectivity index (χ0v) is 12.1. The standard InChI is InChI=1S/C13H16BrN5/c1-7-4-5-18-13(16)11(7)12(19-17)9-6-8(14)2-3-10(9)15/h2-6,12,19H,15,17H2,1H3,(H2,16,18). The van der Waals surface area contributed by atoms with Crippen molar-refractivity contribution in [3.63, 3.8) is 0 Å². The summed E-state index contributed by atoms with van der Waals surface area (Å²) >= 11 is 3.43. The van der Waals surface area contributed by atoms with Crippen LogP contribution in [0.25, 0.3) is 0 Å². The number of hydrazine groups is 1. The molecule has 5 nitrogen and oxygen atoms in total. The zero-order chi connectivity index (χ0) is 14.0. The van der Waals surface area contributed by atoms with Crippen LogP contribution in [0.15, 0.2) is 34.9 Å². The Balaban J connectivity index is 2.59. The quantitative estimate of drug-likeness (QED) is 0.392. The molecule has 2 rings (SSSR count). The first-order chi connectivity index (χ1) is 9.04. The van der Waals surface area contributed by atoms with Gasteiger partial charge in [-0.05, 0) is 42.3 Å². The van der Waals surface area contributed by atoms with Gasteiger partial charge in [-0.3, -0.25) is 5.84 Å². The van der Waals surface area contributed by atoms with Gasteiger partial charge in [0, 0.05) is 21.9 Å². The summed E-state index contributed by atoms with van der Waals surface area (Å²) in [5.41, 5.74) is 18.1. The van der Waals surface area contributed by atoms with Crippen LogP contribution in [-0.2, 0) is 0 Å². The topological polar surface area (TPSA) is 103 Å². The molecule has 0 spiro atoms. The van der Waals surface area contributed by atoms with E-state index < -0.39 is 0 Å². The molecule has 0 saturated heterocycles. The van der Waals surface area contributed by atoms with Gasteiger partial charge in [-0.15, -0.1) is 0 Å². The Hall–Kier alpha value is -1.63. The Kier molecular flexibility index (Phi) is 4.04. The predicted octanol–water partition coefficient (Wildman–Crippen LogP) is 1.87. The van der Waals surface area contributed by atoms with Gasteiger partial charge in [0.1, 0.15) is 5.82 Å². The van der Waals surface area contributed by atoms with Crippen LogP contribution in [0, 0.1) is 6.92 Å². The first-order valence-corrected chi connectivity index (χ1v) is 6.56. The average Bonchev–Trinajstić information content (AvgIpc) is 2.37. The van der Waals surface area contributed by atoms with Gasteiger partial charge in [0.25, 0.3) is 0 Å². The van der Waals surface area contributed by atoms with Crippen molar-refractivity contribution in [3.8, 4) is 0 Å². The fraction of sp³-hybridized carbons (Fsp3) is 0.154. The summed E-state index contributed by atoms with van der Waals surface area (Å²) in [7, 11) is 0. The highest BCUT2D eigenvalue weighted by atomic mass is 79.9. The highest BCUT2D eigenvalue weighted by Crippen LogP contribution is 2.32. The van der Waals surface area contributed by atoms with E-state index in [-0.39, 0.29) is 6.04 Å². The molecule has 0 radical (unpaired) electrons. The number of hydrogen-bond donors (Lipinski definition) is 4. The second-order valence-corrected chi connectivity index (χ2v) is 5.22. The van der Waals surface area contributed by atoms with Crippen LogP contribution in [0.5, 0.6) is 0 Å². The number of aromatic nitrogens is 1. The molecular weight excluding hydrogens is 306 g/mol. The molecule has 0 bridgehead atoms. The Morgan fingerprint density at radius 1 is 1.26 bits per heavy atom. The van der Waals surface area contributed by atoms with Gasteiger partial charge in [-0.1, -0.05) is 15.9 Å². The molecule has 0 aliphatic carbocycles. The lowest BCUT2D eigenvalue weighted by Crippen LogP contribution is -2.31. The minimum absolute atomic E-state index is 0.300. The van der Waals surface area contributed by atoms with Crippen molar-refractivity contribution in [2.75, 3.05) is 11.5 Å². The minimum Gasteiger partial charge on any atom is -0.398 e. The maximum Gasteiger partial charge on any atom is 0.128 e. The molecule has 1 unspecified atom stereocenters. The molecule has 100 valence electrons. The Labute approximate surface area is 120 Å². The first-order valence-electron chi connectivity index (χ1n) is 5.76. The second kappa shape index (κ2) is 5.56. The molecule has 2 aromatic rings. The van der Waals surface area contributed by atoms with E-state index in [1.165, 1.54) is 0 Å². The Morgan fingerprint density at radius 3 is 2.63 bits per heavy atom. The monoisotopic (exact) mass is 321 g/mol. The van der Waals surface area contributed by atoms with E-state index >= 15 is 0 Å². The fourth-order valence-electron chi connectivity index (χ4n) is 2.09. The van der Waals surface area contributed by atoms with Crippen LogP contribution in [0.4, 0.5) is 11.5 Å². The number of rotatable bonds is 3. The van der Waals surface area contributed by atoms with Crippen LogP contribution in [-0.4, -0.2) is 4.98 Å². The third-order valence-electron chi connectivity index (χ3n) is 3.05. The van der Waals surface area contributed by atoms with Gasteiger partial charge in [0.15, 0.2) is 0 Å². The van der Waals surface area contributed by atoms with E-state index in [0.717, 1.165) is 21.2 Å². The van der Waals surface area contributed by atoms with Crippen molar-refractivity contribution in [1.29, 1.82) is 0 Å². The third kappa shape index (κ3) is 2.70. The molecule has 0 aliphatic heterocycles. The number of pyridine rings is 1.